The molecular weight excluding hydrogens is 288 g/mol. The van der Waals surface area contributed by atoms with Crippen LogP contribution >= 0.6 is 0 Å². The summed E-state index contributed by atoms with van der Waals surface area (Å²) in [6.45, 7) is 3.26. The van der Waals surface area contributed by atoms with Crippen LogP contribution < -0.4 is 0 Å². The molecule has 0 aromatic rings. The van der Waals surface area contributed by atoms with E-state index in [4.69, 9.17) is 14.2 Å². The van der Waals surface area contributed by atoms with Gasteiger partial charge in [-0.1, -0.05) is 12.5 Å². The molecule has 126 valence electrons. The smallest absolute Gasteiger partial charge is 0.169 e. The second-order valence-electron chi connectivity index (χ2n) is 6.54. The predicted octanol–water partition coefficient (Wildman–Crippen LogP) is 0.488. The molecule has 3 N–H and O–H groups in total. The van der Waals surface area contributed by atoms with Crippen molar-refractivity contribution in [3.63, 3.8) is 0 Å². The summed E-state index contributed by atoms with van der Waals surface area (Å²) in [5, 5.41) is 29.9. The van der Waals surface area contributed by atoms with Crippen LogP contribution in [-0.4, -0.2) is 64.3 Å². The lowest BCUT2D eigenvalue weighted by molar-refractivity contribution is -0.217. The van der Waals surface area contributed by atoms with Gasteiger partial charge in [0.1, 0.15) is 30.5 Å². The summed E-state index contributed by atoms with van der Waals surface area (Å²) < 4.78 is 18.1. The van der Waals surface area contributed by atoms with E-state index in [-0.39, 0.29) is 0 Å². The van der Waals surface area contributed by atoms with Crippen LogP contribution in [0.2, 0.25) is 0 Å². The van der Waals surface area contributed by atoms with Gasteiger partial charge in [-0.3, -0.25) is 0 Å². The maximum atomic E-state index is 10.5. The van der Waals surface area contributed by atoms with E-state index in [1.165, 1.54) is 0 Å². The van der Waals surface area contributed by atoms with Crippen LogP contribution in [0, 0.1) is 0 Å². The second kappa shape index (κ2) is 6.55. The van der Waals surface area contributed by atoms with E-state index >= 15 is 0 Å². The predicted molar refractivity (Wildman–Crippen MR) is 78.1 cm³/mol. The molecule has 0 aromatic carbocycles. The molecule has 3 aliphatic rings. The van der Waals surface area contributed by atoms with Gasteiger partial charge in [-0.25, -0.2) is 0 Å². The van der Waals surface area contributed by atoms with Gasteiger partial charge in [0.2, 0.25) is 0 Å². The van der Waals surface area contributed by atoms with E-state index in [0.717, 1.165) is 32.1 Å². The molecule has 1 aliphatic carbocycles. The quantitative estimate of drug-likeness (QED) is 0.655. The molecule has 6 atom stereocenters. The maximum absolute atomic E-state index is 10.5. The second-order valence-corrected chi connectivity index (χ2v) is 6.54. The van der Waals surface area contributed by atoms with E-state index < -0.39 is 49.0 Å². The van der Waals surface area contributed by atoms with Gasteiger partial charge >= 0.3 is 0 Å². The van der Waals surface area contributed by atoms with Gasteiger partial charge in [0, 0.05) is 12.8 Å². The summed E-state index contributed by atoms with van der Waals surface area (Å²) >= 11 is 0. The summed E-state index contributed by atoms with van der Waals surface area (Å²) in [7, 11) is 0. The number of hydrogen-bond acceptors (Lipinski definition) is 6. The van der Waals surface area contributed by atoms with Gasteiger partial charge in [-0.2, -0.15) is 0 Å². The molecular formula is C16H26O6. The van der Waals surface area contributed by atoms with Crippen LogP contribution in [0.1, 0.15) is 38.5 Å². The van der Waals surface area contributed by atoms with Crippen molar-refractivity contribution in [2.24, 2.45) is 0 Å². The van der Waals surface area contributed by atoms with E-state index in [0.29, 0.717) is 6.42 Å². The molecule has 0 amide bonds. The summed E-state index contributed by atoms with van der Waals surface area (Å²) in [5.74, 6) is -0.672. The number of ether oxygens (including phenoxy) is 3. The number of aliphatic hydroxyl groups excluding tert-OH is 3. The third-order valence-corrected chi connectivity index (χ3v) is 4.98. The molecule has 2 aliphatic heterocycles. The van der Waals surface area contributed by atoms with Crippen molar-refractivity contribution in [2.45, 2.75) is 80.9 Å². The fraction of sp³-hybridized carbons (Fsp3) is 0.875. The number of aliphatic hydroxyl groups is 3. The lowest BCUT2D eigenvalue weighted by atomic mass is 9.91. The first kappa shape index (κ1) is 16.4. The van der Waals surface area contributed by atoms with Gasteiger partial charge < -0.3 is 29.5 Å². The highest BCUT2D eigenvalue weighted by Gasteiger charge is 2.58. The highest BCUT2D eigenvalue weighted by molar-refractivity contribution is 5.03. The van der Waals surface area contributed by atoms with Crippen LogP contribution in [0.4, 0.5) is 0 Å². The summed E-state index contributed by atoms with van der Waals surface area (Å²) in [6.07, 6.45) is 2.72. The molecule has 1 saturated carbocycles. The average molecular weight is 314 g/mol. The summed E-state index contributed by atoms with van der Waals surface area (Å²) in [5.41, 5.74) is 0. The fourth-order valence-corrected chi connectivity index (χ4v) is 3.85. The van der Waals surface area contributed by atoms with Crippen molar-refractivity contribution in [2.75, 3.05) is 6.61 Å². The molecule has 0 aromatic heterocycles. The number of fused-ring (bicyclic) bond motifs is 1. The Bertz CT molecular complexity index is 394. The van der Waals surface area contributed by atoms with E-state index in [1.807, 2.05) is 0 Å². The molecule has 22 heavy (non-hydrogen) atoms. The average Bonchev–Trinajstić information content (AvgIpc) is 2.89. The van der Waals surface area contributed by atoms with Crippen molar-refractivity contribution in [1.82, 2.24) is 0 Å². The normalized spacial score (nSPS) is 42.0. The van der Waals surface area contributed by atoms with Gasteiger partial charge in [0.25, 0.3) is 0 Å². The zero-order valence-electron chi connectivity index (χ0n) is 12.8. The lowest BCUT2D eigenvalue weighted by Crippen LogP contribution is -2.59. The Morgan fingerprint density at radius 1 is 1.18 bits per heavy atom. The third kappa shape index (κ3) is 2.84. The van der Waals surface area contributed by atoms with Gasteiger partial charge in [-0.15, -0.1) is 6.58 Å². The number of rotatable bonds is 4. The van der Waals surface area contributed by atoms with Gasteiger partial charge in [0.15, 0.2) is 5.79 Å². The summed E-state index contributed by atoms with van der Waals surface area (Å²) in [4.78, 5) is 0. The molecule has 3 unspecified atom stereocenters. The summed E-state index contributed by atoms with van der Waals surface area (Å²) in [6, 6.07) is 0. The minimum Gasteiger partial charge on any atom is -0.394 e. The van der Waals surface area contributed by atoms with Crippen LogP contribution in [-0.2, 0) is 14.2 Å². The molecule has 3 fully saturated rings. The van der Waals surface area contributed by atoms with Crippen LogP contribution in [0.25, 0.3) is 0 Å². The fourth-order valence-electron chi connectivity index (χ4n) is 3.85. The van der Waals surface area contributed by atoms with E-state index in [2.05, 4.69) is 6.58 Å². The zero-order valence-corrected chi connectivity index (χ0v) is 12.8. The molecule has 0 bridgehead atoms. The van der Waals surface area contributed by atoms with Crippen molar-refractivity contribution in [3.05, 3.63) is 12.7 Å². The topological polar surface area (TPSA) is 88.4 Å². The van der Waals surface area contributed by atoms with Crippen LogP contribution in [0.5, 0.6) is 0 Å². The standard InChI is InChI=1S/C16H26O6/c1-2-6-11-12(19)14-15(13(20-11)10(18)9-17)22-16(21-14)7-4-3-5-8-16/h2,10-15,17-19H,1,3-9H2/t10-,11+,12?,13+,14?,15?/m1/s1. The van der Waals surface area contributed by atoms with Gasteiger partial charge in [-0.05, 0) is 19.3 Å². The molecule has 6 heteroatoms. The minimum absolute atomic E-state index is 0.416. The van der Waals surface area contributed by atoms with Crippen molar-refractivity contribution in [3.8, 4) is 0 Å². The molecule has 1 spiro atoms. The van der Waals surface area contributed by atoms with E-state index in [9.17, 15) is 15.3 Å². The minimum atomic E-state index is -1.06. The Morgan fingerprint density at radius 2 is 1.86 bits per heavy atom. The molecule has 2 heterocycles. The Balaban J connectivity index is 1.82. The van der Waals surface area contributed by atoms with Gasteiger partial charge in [0.05, 0.1) is 12.7 Å². The van der Waals surface area contributed by atoms with Crippen molar-refractivity contribution >= 4 is 0 Å². The molecule has 2 saturated heterocycles. The Labute approximate surface area is 130 Å². The number of hydrogen-bond donors (Lipinski definition) is 3. The maximum Gasteiger partial charge on any atom is 0.169 e. The first-order valence-electron chi connectivity index (χ1n) is 8.19. The van der Waals surface area contributed by atoms with E-state index in [1.54, 1.807) is 6.08 Å². The van der Waals surface area contributed by atoms with Crippen LogP contribution in [0.15, 0.2) is 12.7 Å². The Morgan fingerprint density at radius 3 is 2.50 bits per heavy atom. The largest absolute Gasteiger partial charge is 0.394 e. The Hall–Kier alpha value is -0.500. The molecule has 0 radical (unpaired) electrons. The zero-order chi connectivity index (χ0) is 15.7. The third-order valence-electron chi connectivity index (χ3n) is 4.98. The SMILES string of the molecule is C=CC[C@@H]1O[C@@H]([C@H](O)CO)C2OC3(CCCCC3)OC2C1O. The Kier molecular flexibility index (Phi) is 4.87. The van der Waals surface area contributed by atoms with Crippen molar-refractivity contribution < 1.29 is 29.5 Å². The van der Waals surface area contributed by atoms with Crippen molar-refractivity contribution in [1.29, 1.82) is 0 Å². The molecule has 6 nitrogen and oxygen atoms in total. The van der Waals surface area contributed by atoms with Crippen LogP contribution in [0.3, 0.4) is 0 Å². The monoisotopic (exact) mass is 314 g/mol. The first-order valence-corrected chi connectivity index (χ1v) is 8.19. The lowest BCUT2D eigenvalue weighted by Gasteiger charge is -2.41. The highest BCUT2D eigenvalue weighted by atomic mass is 16.8. The molecule has 3 rings (SSSR count). The highest BCUT2D eigenvalue weighted by Crippen LogP contribution is 2.45. The first-order chi connectivity index (χ1) is 10.6.